The van der Waals surface area contributed by atoms with E-state index in [2.05, 4.69) is 20.8 Å². The molecule has 2 aromatic carbocycles. The first-order chi connectivity index (χ1) is 13.3. The van der Waals surface area contributed by atoms with Crippen molar-refractivity contribution in [3.05, 3.63) is 70.8 Å². The molecular weight excluding hydrogens is 403 g/mol. The fraction of sp³-hybridized carbons (Fsp3) is 0.286. The minimum absolute atomic E-state index is 0.0923. The van der Waals surface area contributed by atoms with Crippen LogP contribution in [-0.2, 0) is 17.6 Å². The number of hydrogen-bond donors (Lipinski definition) is 2. The number of amides is 1. The van der Waals surface area contributed by atoms with Crippen LogP contribution in [0.3, 0.4) is 0 Å². The van der Waals surface area contributed by atoms with Gasteiger partial charge in [-0.2, -0.15) is 0 Å². The van der Waals surface area contributed by atoms with Crippen LogP contribution < -0.4 is 10.6 Å². The number of anilines is 2. The van der Waals surface area contributed by atoms with Crippen molar-refractivity contribution in [3.8, 4) is 0 Å². The molecule has 0 radical (unpaired) electrons. The number of rotatable bonds is 10. The average molecular weight is 427 g/mol. The monoisotopic (exact) mass is 428 g/mol. The summed E-state index contributed by atoms with van der Waals surface area (Å²) in [6.45, 7) is 0.737. The van der Waals surface area contributed by atoms with E-state index in [9.17, 15) is 4.79 Å². The third-order valence-electron chi connectivity index (χ3n) is 4.09. The van der Waals surface area contributed by atoms with E-state index in [1.165, 1.54) is 4.57 Å². The van der Waals surface area contributed by atoms with Gasteiger partial charge in [-0.3, -0.25) is 0 Å². The van der Waals surface area contributed by atoms with Gasteiger partial charge in [0.2, 0.25) is 0 Å². The summed E-state index contributed by atoms with van der Waals surface area (Å²) in [6.07, 6.45) is 4.61. The van der Waals surface area contributed by atoms with Crippen molar-refractivity contribution in [2.75, 3.05) is 11.9 Å². The van der Waals surface area contributed by atoms with Crippen molar-refractivity contribution in [3.63, 3.8) is 0 Å². The van der Waals surface area contributed by atoms with Crippen molar-refractivity contribution in [2.45, 2.75) is 32.1 Å². The number of nitrogens with zero attached hydrogens (tertiary/aromatic N) is 2. The molecule has 0 aliphatic rings. The number of unbranched alkanes of at least 4 members (excludes halogenated alkanes) is 2. The summed E-state index contributed by atoms with van der Waals surface area (Å²) in [7, 11) is 0. The molecule has 0 bridgehead atoms. The Hall–Kier alpha value is -2.43. The normalized spacial score (nSPS) is 10.5. The zero-order chi connectivity index (χ0) is 18.7. The average Bonchev–Trinajstić information content (AvgIpc) is 3.13. The predicted octanol–water partition coefficient (Wildman–Crippen LogP) is 3.35. The van der Waals surface area contributed by atoms with Crippen LogP contribution in [0, 0.1) is 0 Å². The van der Waals surface area contributed by atoms with E-state index in [4.69, 9.17) is 0 Å². The molecule has 3 rings (SSSR count). The molecule has 0 spiro atoms. The van der Waals surface area contributed by atoms with E-state index in [0.717, 1.165) is 48.2 Å². The van der Waals surface area contributed by atoms with Gasteiger partial charge in [0.05, 0.1) is 0 Å². The summed E-state index contributed by atoms with van der Waals surface area (Å²) in [5.41, 5.74) is 2.11. The van der Waals surface area contributed by atoms with Gasteiger partial charge in [0.1, 0.15) is 0 Å². The molecule has 140 valence electrons. The molecule has 1 heterocycles. The van der Waals surface area contributed by atoms with Gasteiger partial charge in [0.25, 0.3) is 0 Å². The molecular formula is C21H24N4OSe. The Labute approximate surface area is 166 Å². The molecule has 27 heavy (non-hydrogen) atoms. The second-order valence-electron chi connectivity index (χ2n) is 6.31. The van der Waals surface area contributed by atoms with Gasteiger partial charge in [-0.05, 0) is 0 Å². The Kier molecular flexibility index (Phi) is 7.63. The van der Waals surface area contributed by atoms with Crippen molar-refractivity contribution in [2.24, 2.45) is 0 Å². The number of carbonyl (C=O) groups excluding carboxylic acids is 1. The van der Waals surface area contributed by atoms with Gasteiger partial charge in [-0.1, -0.05) is 6.07 Å². The Morgan fingerprint density at radius 3 is 2.41 bits per heavy atom. The summed E-state index contributed by atoms with van der Waals surface area (Å²) in [5, 5.41) is 14.9. The number of hydrogen-bond acceptors (Lipinski definition) is 4. The first-order valence-electron chi connectivity index (χ1n) is 9.25. The first kappa shape index (κ1) is 19.3. The molecule has 0 saturated carbocycles. The zero-order valence-corrected chi connectivity index (χ0v) is 16.9. The van der Waals surface area contributed by atoms with Gasteiger partial charge < -0.3 is 0 Å². The first-order valence-corrected chi connectivity index (χ1v) is 11.0. The maximum atomic E-state index is 11.9. The fourth-order valence-electron chi connectivity index (χ4n) is 2.70. The molecule has 0 saturated heterocycles. The van der Waals surface area contributed by atoms with E-state index >= 15 is 0 Å². The molecule has 0 atom stereocenters. The van der Waals surface area contributed by atoms with Crippen LogP contribution >= 0.6 is 0 Å². The Morgan fingerprint density at radius 1 is 0.889 bits per heavy atom. The molecule has 0 aliphatic heterocycles. The molecule has 1 aromatic heterocycles. The van der Waals surface area contributed by atoms with Gasteiger partial charge >= 0.3 is 160 Å². The molecule has 6 heteroatoms. The quantitative estimate of drug-likeness (QED) is 0.385. The van der Waals surface area contributed by atoms with E-state index in [-0.39, 0.29) is 20.4 Å². The van der Waals surface area contributed by atoms with E-state index in [1.807, 2.05) is 60.7 Å². The minimum atomic E-state index is 0.0923. The number of carbonyl (C=O) groups is 1. The fourth-order valence-corrected chi connectivity index (χ4v) is 4.38. The Balaban J connectivity index is 1.28. The van der Waals surface area contributed by atoms with Crippen LogP contribution in [0.4, 0.5) is 10.4 Å². The summed E-state index contributed by atoms with van der Waals surface area (Å²) < 4.78 is 2.16. The second-order valence-corrected chi connectivity index (χ2v) is 8.54. The molecule has 1 amide bonds. The Bertz CT molecular complexity index is 820. The van der Waals surface area contributed by atoms with Crippen LogP contribution in [0.25, 0.3) is 0 Å². The van der Waals surface area contributed by atoms with E-state index < -0.39 is 0 Å². The van der Waals surface area contributed by atoms with Crippen LogP contribution in [0.2, 0.25) is 0 Å². The van der Waals surface area contributed by atoms with E-state index in [0.29, 0.717) is 6.42 Å². The SMILES string of the molecule is O=C(Cc1ccccc1)NCCCCCc1nnc(Nc2ccccc2)[se]1. The topological polar surface area (TPSA) is 66.9 Å². The molecule has 0 aliphatic carbocycles. The molecule has 5 nitrogen and oxygen atoms in total. The van der Waals surface area contributed by atoms with Crippen molar-refractivity contribution >= 4 is 30.8 Å². The number of aromatic nitrogens is 2. The van der Waals surface area contributed by atoms with Crippen LogP contribution in [0.5, 0.6) is 0 Å². The predicted molar refractivity (Wildman–Crippen MR) is 109 cm³/mol. The van der Waals surface area contributed by atoms with Crippen LogP contribution in [0.1, 0.15) is 29.4 Å². The summed E-state index contributed by atoms with van der Waals surface area (Å²) in [4.78, 5) is 11.9. The number of benzene rings is 2. The molecule has 0 fully saturated rings. The van der Waals surface area contributed by atoms with Crippen molar-refractivity contribution in [1.29, 1.82) is 0 Å². The van der Waals surface area contributed by atoms with Gasteiger partial charge in [0, 0.05) is 0 Å². The standard InChI is InChI=1S/C21H24N4OSe/c26-19(16-17-10-4-1-5-11-17)22-15-9-3-8-14-20-24-25-21(27-20)23-18-12-6-2-7-13-18/h1-2,4-7,10-13H,3,8-9,14-16H2,(H,22,26)(H,23,25). The second kappa shape index (κ2) is 10.7. The van der Waals surface area contributed by atoms with Crippen LogP contribution in [-0.4, -0.2) is 37.2 Å². The van der Waals surface area contributed by atoms with Crippen molar-refractivity contribution in [1.82, 2.24) is 15.5 Å². The molecule has 0 unspecified atom stereocenters. The van der Waals surface area contributed by atoms with Crippen molar-refractivity contribution < 1.29 is 4.79 Å². The van der Waals surface area contributed by atoms with Gasteiger partial charge in [-0.15, -0.1) is 0 Å². The maximum absolute atomic E-state index is 11.9. The number of para-hydroxylation sites is 1. The molecule has 2 N–H and O–H groups in total. The summed E-state index contributed by atoms with van der Waals surface area (Å²) in [5.74, 6) is 0.0923. The number of nitrogens with one attached hydrogen (secondary N) is 2. The van der Waals surface area contributed by atoms with Crippen LogP contribution in [0.15, 0.2) is 60.7 Å². The van der Waals surface area contributed by atoms with Gasteiger partial charge in [0.15, 0.2) is 0 Å². The third-order valence-corrected chi connectivity index (χ3v) is 5.97. The summed E-state index contributed by atoms with van der Waals surface area (Å²) >= 11 is 0.194. The van der Waals surface area contributed by atoms with Gasteiger partial charge in [-0.25, -0.2) is 0 Å². The van der Waals surface area contributed by atoms with E-state index in [1.54, 1.807) is 0 Å². The molecule has 3 aromatic rings. The Morgan fingerprint density at radius 2 is 1.63 bits per heavy atom. The summed E-state index contributed by atoms with van der Waals surface area (Å²) in [6, 6.07) is 19.9. The third kappa shape index (κ3) is 7.00. The zero-order valence-electron chi connectivity index (χ0n) is 15.2. The number of aryl methyl sites for hydroxylation is 1.